The Morgan fingerprint density at radius 1 is 1.42 bits per heavy atom. The largest absolute Gasteiger partial charge is 0.409 e. The van der Waals surface area contributed by atoms with Crippen LogP contribution in [0.1, 0.15) is 32.0 Å². The zero-order chi connectivity index (χ0) is 13.4. The Morgan fingerprint density at radius 3 is 3.05 bits per heavy atom. The highest BCUT2D eigenvalue weighted by Gasteiger charge is 2.20. The van der Waals surface area contributed by atoms with Gasteiger partial charge in [-0.15, -0.1) is 9.61 Å². The van der Waals surface area contributed by atoms with E-state index in [-0.39, 0.29) is 5.69 Å². The van der Waals surface area contributed by atoms with Gasteiger partial charge in [-0.2, -0.15) is 0 Å². The molecule has 0 aliphatic heterocycles. The fraction of sp³-hybridized carbons (Fsp3) is 0.500. The lowest BCUT2D eigenvalue weighted by molar-refractivity contribution is -0.349. The van der Waals surface area contributed by atoms with E-state index < -0.39 is 0 Å². The van der Waals surface area contributed by atoms with E-state index in [2.05, 4.69) is 27.0 Å². The molecule has 0 radical (unpaired) electrons. The van der Waals surface area contributed by atoms with Gasteiger partial charge >= 0.3 is 5.69 Å². The molecular weight excluding hydrogens is 244 g/mol. The van der Waals surface area contributed by atoms with Gasteiger partial charge in [0, 0.05) is 0 Å². The molecule has 0 aliphatic carbocycles. The third kappa shape index (κ3) is 1.81. The van der Waals surface area contributed by atoms with E-state index in [4.69, 9.17) is 0 Å². The third-order valence-corrected chi connectivity index (χ3v) is 3.27. The van der Waals surface area contributed by atoms with Crippen LogP contribution in [-0.2, 0) is 6.54 Å². The molecule has 0 fully saturated rings. The highest BCUT2D eigenvalue weighted by atomic mass is 16.2. The second-order valence-electron chi connectivity index (χ2n) is 4.69. The van der Waals surface area contributed by atoms with Gasteiger partial charge in [-0.3, -0.25) is 4.98 Å². The minimum Gasteiger partial charge on any atom is -0.271 e. The van der Waals surface area contributed by atoms with Gasteiger partial charge in [0.1, 0.15) is 5.82 Å². The van der Waals surface area contributed by atoms with Crippen molar-refractivity contribution in [1.82, 2.24) is 24.1 Å². The first-order chi connectivity index (χ1) is 9.22. The average Bonchev–Trinajstić information content (AvgIpc) is 2.99. The molecule has 0 amide bonds. The SMILES string of the molecule is CCCCCn1c(=O)n2nc(C)nc2c2[nH]c[nH+]c21. The van der Waals surface area contributed by atoms with Gasteiger partial charge in [-0.25, -0.2) is 19.3 Å². The van der Waals surface area contributed by atoms with E-state index in [9.17, 15) is 4.79 Å². The van der Waals surface area contributed by atoms with Crippen molar-refractivity contribution in [3.8, 4) is 0 Å². The summed E-state index contributed by atoms with van der Waals surface area (Å²) in [5.41, 5.74) is 2.03. The summed E-state index contributed by atoms with van der Waals surface area (Å²) in [5, 5.41) is 4.17. The van der Waals surface area contributed by atoms with Crippen LogP contribution in [0, 0.1) is 6.92 Å². The first-order valence-corrected chi connectivity index (χ1v) is 6.57. The number of rotatable bonds is 4. The molecule has 7 heteroatoms. The van der Waals surface area contributed by atoms with Crippen LogP contribution < -0.4 is 10.7 Å². The van der Waals surface area contributed by atoms with E-state index in [1.54, 1.807) is 17.8 Å². The number of fused-ring (bicyclic) bond motifs is 3. The van der Waals surface area contributed by atoms with Crippen LogP contribution >= 0.6 is 0 Å². The van der Waals surface area contributed by atoms with Crippen molar-refractivity contribution in [2.75, 3.05) is 0 Å². The zero-order valence-electron chi connectivity index (χ0n) is 11.1. The fourth-order valence-corrected chi connectivity index (χ4v) is 2.35. The topological polar surface area (TPSA) is 82.1 Å². The monoisotopic (exact) mass is 261 g/mol. The molecule has 0 unspecified atom stereocenters. The summed E-state index contributed by atoms with van der Waals surface area (Å²) in [6.45, 7) is 4.61. The van der Waals surface area contributed by atoms with Gasteiger partial charge in [0.2, 0.25) is 11.2 Å². The molecule has 3 heterocycles. The van der Waals surface area contributed by atoms with E-state index in [0.29, 0.717) is 18.0 Å². The van der Waals surface area contributed by atoms with Crippen molar-refractivity contribution >= 4 is 16.8 Å². The van der Waals surface area contributed by atoms with Gasteiger partial charge < -0.3 is 0 Å². The van der Waals surface area contributed by atoms with Crippen LogP contribution in [0.4, 0.5) is 0 Å². The van der Waals surface area contributed by atoms with Crippen LogP contribution in [0.25, 0.3) is 16.8 Å². The van der Waals surface area contributed by atoms with E-state index in [1.165, 1.54) is 4.52 Å². The molecule has 0 aromatic carbocycles. The summed E-state index contributed by atoms with van der Waals surface area (Å²) in [6.07, 6.45) is 4.92. The Bertz CT molecular complexity index is 781. The van der Waals surface area contributed by atoms with Gasteiger partial charge in [-0.05, 0) is 13.3 Å². The predicted molar refractivity (Wildman–Crippen MR) is 69.9 cm³/mol. The number of aromatic nitrogens is 6. The lowest BCUT2D eigenvalue weighted by atomic mass is 10.2. The van der Waals surface area contributed by atoms with Crippen molar-refractivity contribution in [3.05, 3.63) is 22.6 Å². The summed E-state index contributed by atoms with van der Waals surface area (Å²) in [6, 6.07) is 0. The number of nitrogens with one attached hydrogen (secondary N) is 2. The number of hydrogen-bond acceptors (Lipinski definition) is 3. The average molecular weight is 261 g/mol. The van der Waals surface area contributed by atoms with Crippen molar-refractivity contribution < 1.29 is 4.98 Å². The Hall–Kier alpha value is -2.18. The highest BCUT2D eigenvalue weighted by Crippen LogP contribution is 2.11. The van der Waals surface area contributed by atoms with Crippen LogP contribution in [0.2, 0.25) is 0 Å². The normalized spacial score (nSPS) is 11.7. The molecule has 0 saturated carbocycles. The van der Waals surface area contributed by atoms with E-state index >= 15 is 0 Å². The first kappa shape index (κ1) is 11.9. The maximum atomic E-state index is 12.4. The van der Waals surface area contributed by atoms with Crippen molar-refractivity contribution in [2.45, 2.75) is 39.7 Å². The summed E-state index contributed by atoms with van der Waals surface area (Å²) < 4.78 is 3.09. The summed E-state index contributed by atoms with van der Waals surface area (Å²) in [5.74, 6) is 0.597. The molecule has 0 spiro atoms. The molecule has 2 N–H and O–H groups in total. The Morgan fingerprint density at radius 2 is 2.26 bits per heavy atom. The number of aromatic amines is 2. The molecule has 3 aromatic heterocycles. The lowest BCUT2D eigenvalue weighted by Crippen LogP contribution is -2.30. The molecule has 19 heavy (non-hydrogen) atoms. The third-order valence-electron chi connectivity index (χ3n) is 3.27. The molecule has 0 bridgehead atoms. The maximum Gasteiger partial charge on any atom is 0.409 e. The van der Waals surface area contributed by atoms with Crippen molar-refractivity contribution in [3.63, 3.8) is 0 Å². The molecule has 0 aliphatic rings. The van der Waals surface area contributed by atoms with Gasteiger partial charge in [-0.1, -0.05) is 19.8 Å². The molecule has 7 nitrogen and oxygen atoms in total. The van der Waals surface area contributed by atoms with Crippen LogP contribution in [0.15, 0.2) is 11.1 Å². The van der Waals surface area contributed by atoms with Crippen molar-refractivity contribution in [1.29, 1.82) is 0 Å². The smallest absolute Gasteiger partial charge is 0.271 e. The van der Waals surface area contributed by atoms with E-state index in [0.717, 1.165) is 30.4 Å². The van der Waals surface area contributed by atoms with Gasteiger partial charge in [0.25, 0.3) is 5.65 Å². The number of H-pyrrole nitrogens is 2. The number of imidazole rings is 1. The highest BCUT2D eigenvalue weighted by molar-refractivity contribution is 5.82. The quantitative estimate of drug-likeness (QED) is 0.701. The second-order valence-corrected chi connectivity index (χ2v) is 4.69. The predicted octanol–water partition coefficient (Wildman–Crippen LogP) is 0.685. The fourth-order valence-electron chi connectivity index (χ4n) is 2.35. The van der Waals surface area contributed by atoms with Gasteiger partial charge in [0.15, 0.2) is 6.33 Å². The molecule has 0 saturated heterocycles. The number of nitrogens with zero attached hydrogens (tertiary/aromatic N) is 4. The standard InChI is InChI=1S/C12H16N6O/c1-3-4-5-6-17-10-9(13-7-14-10)11-15-8(2)16-18(11)12(17)19/h7H,3-6H2,1-2H3,(H,13,14)/p+1. The van der Waals surface area contributed by atoms with Crippen molar-refractivity contribution in [2.24, 2.45) is 0 Å². The minimum atomic E-state index is -0.143. The lowest BCUT2D eigenvalue weighted by Gasteiger charge is -2.01. The summed E-state index contributed by atoms with van der Waals surface area (Å²) >= 11 is 0. The molecule has 3 aromatic rings. The van der Waals surface area contributed by atoms with Gasteiger partial charge in [0.05, 0.1) is 6.54 Å². The number of aryl methyl sites for hydroxylation is 2. The van der Waals surface area contributed by atoms with E-state index in [1.807, 2.05) is 0 Å². The molecule has 100 valence electrons. The Kier molecular flexibility index (Phi) is 2.81. The number of hydrogen-bond donors (Lipinski definition) is 1. The summed E-state index contributed by atoms with van der Waals surface area (Å²) in [7, 11) is 0. The zero-order valence-corrected chi connectivity index (χ0v) is 11.1. The Balaban J connectivity index is 2.25. The summed E-state index contributed by atoms with van der Waals surface area (Å²) in [4.78, 5) is 22.9. The minimum absolute atomic E-state index is 0.143. The molecule has 0 atom stereocenters. The van der Waals surface area contributed by atoms with Crippen LogP contribution in [0.5, 0.6) is 0 Å². The second kappa shape index (κ2) is 4.49. The molecule has 3 rings (SSSR count). The molecular formula is C12H17N6O+. The number of unbranched alkanes of at least 4 members (excludes halogenated alkanes) is 2. The van der Waals surface area contributed by atoms with Crippen LogP contribution in [0.3, 0.4) is 0 Å². The van der Waals surface area contributed by atoms with Crippen LogP contribution in [-0.4, -0.2) is 24.1 Å². The maximum absolute atomic E-state index is 12.4. The first-order valence-electron chi connectivity index (χ1n) is 6.57. The Labute approximate surface area is 109 Å².